The highest BCUT2D eigenvalue weighted by atomic mass is 28.1. The van der Waals surface area contributed by atoms with Crippen molar-refractivity contribution in [1.82, 2.24) is 0 Å². The van der Waals surface area contributed by atoms with Crippen LogP contribution in [0.15, 0.2) is 30.3 Å². The third-order valence-corrected chi connectivity index (χ3v) is 1.17. The van der Waals surface area contributed by atoms with Gasteiger partial charge in [0, 0.05) is 0 Å². The molecule has 0 atom stereocenters. The molecule has 72 valence electrons. The van der Waals surface area contributed by atoms with E-state index in [9.17, 15) is 0 Å². The topological polar surface area (TPSA) is 9.23 Å². The minimum atomic E-state index is 0. The fourth-order valence-corrected chi connectivity index (χ4v) is 0.618. The monoisotopic (exact) mass is 194 g/mol. The fourth-order valence-electron chi connectivity index (χ4n) is 0.618. The van der Waals surface area contributed by atoms with Crippen LogP contribution in [0, 0.1) is 19.5 Å². The van der Waals surface area contributed by atoms with E-state index in [1.807, 2.05) is 31.2 Å². The fraction of sp³-hybridized carbons (Fsp3) is 0.273. The molecule has 0 saturated carbocycles. The van der Waals surface area contributed by atoms with Crippen LogP contribution in [0.4, 0.5) is 0 Å². The Hall–Kier alpha value is -1.20. The quantitative estimate of drug-likeness (QED) is 0.481. The SMILES string of the molecule is C#COCC.Cc1ccccc1.[SiH4]. The molecule has 1 aromatic rings. The van der Waals surface area contributed by atoms with E-state index in [1.54, 1.807) is 0 Å². The first-order valence-corrected chi connectivity index (χ1v) is 3.90. The largest absolute Gasteiger partial charge is 0.447 e. The second-order valence-corrected chi connectivity index (χ2v) is 2.21. The summed E-state index contributed by atoms with van der Waals surface area (Å²) in [6.45, 7) is 4.54. The van der Waals surface area contributed by atoms with Crippen LogP contribution in [-0.4, -0.2) is 17.6 Å². The van der Waals surface area contributed by atoms with Crippen molar-refractivity contribution in [3.05, 3.63) is 35.9 Å². The van der Waals surface area contributed by atoms with Gasteiger partial charge in [-0.25, -0.2) is 0 Å². The molecule has 0 radical (unpaired) electrons. The summed E-state index contributed by atoms with van der Waals surface area (Å²) in [4.78, 5) is 0. The van der Waals surface area contributed by atoms with E-state index in [0.29, 0.717) is 6.61 Å². The van der Waals surface area contributed by atoms with E-state index in [4.69, 9.17) is 0 Å². The average Bonchev–Trinajstić information content (AvgIpc) is 2.08. The molecule has 0 amide bonds. The second-order valence-electron chi connectivity index (χ2n) is 2.21. The van der Waals surface area contributed by atoms with Crippen molar-refractivity contribution in [2.45, 2.75) is 13.8 Å². The van der Waals surface area contributed by atoms with Crippen molar-refractivity contribution in [1.29, 1.82) is 0 Å². The molecule has 1 nitrogen and oxygen atoms in total. The normalized spacial score (nSPS) is 6.85. The zero-order chi connectivity index (χ0) is 9.23. The smallest absolute Gasteiger partial charge is 0.106 e. The van der Waals surface area contributed by atoms with E-state index in [2.05, 4.69) is 30.2 Å². The molecule has 13 heavy (non-hydrogen) atoms. The maximum absolute atomic E-state index is 4.67. The Morgan fingerprint density at radius 3 is 2.00 bits per heavy atom. The summed E-state index contributed by atoms with van der Waals surface area (Å²) < 4.78 is 4.36. The number of rotatable bonds is 1. The van der Waals surface area contributed by atoms with Gasteiger partial charge in [-0.15, -0.1) is 0 Å². The van der Waals surface area contributed by atoms with Crippen LogP contribution < -0.4 is 0 Å². The molecule has 0 fully saturated rings. The van der Waals surface area contributed by atoms with Crippen LogP contribution in [0.2, 0.25) is 0 Å². The minimum absolute atomic E-state index is 0. The molecule has 0 heterocycles. The van der Waals surface area contributed by atoms with E-state index in [-0.39, 0.29) is 11.0 Å². The zero-order valence-corrected chi connectivity index (χ0v) is 7.58. The molecule has 0 saturated heterocycles. The third-order valence-electron chi connectivity index (χ3n) is 1.17. The summed E-state index contributed by atoms with van der Waals surface area (Å²) in [5.74, 6) is 0. The summed E-state index contributed by atoms with van der Waals surface area (Å²) in [7, 11) is 0. The number of benzene rings is 1. The molecule has 0 spiro atoms. The van der Waals surface area contributed by atoms with Gasteiger partial charge in [0.05, 0.1) is 6.61 Å². The van der Waals surface area contributed by atoms with E-state index in [0.717, 1.165) is 0 Å². The Morgan fingerprint density at radius 1 is 1.31 bits per heavy atom. The Labute approximate surface area is 85.1 Å². The molecule has 0 bridgehead atoms. The van der Waals surface area contributed by atoms with Gasteiger partial charge >= 0.3 is 0 Å². The lowest BCUT2D eigenvalue weighted by atomic mass is 10.2. The Morgan fingerprint density at radius 2 is 1.85 bits per heavy atom. The van der Waals surface area contributed by atoms with Crippen molar-refractivity contribution in [3.63, 3.8) is 0 Å². The Bertz CT molecular complexity index is 226. The summed E-state index contributed by atoms with van der Waals surface area (Å²) >= 11 is 0. The first kappa shape index (κ1) is 14.3. The van der Waals surface area contributed by atoms with Gasteiger partial charge in [0.15, 0.2) is 0 Å². The average molecular weight is 194 g/mol. The number of hydrogen-bond acceptors (Lipinski definition) is 1. The van der Waals surface area contributed by atoms with Crippen molar-refractivity contribution in [3.8, 4) is 12.5 Å². The Balaban J connectivity index is 0. The van der Waals surface area contributed by atoms with Gasteiger partial charge in [0.25, 0.3) is 0 Å². The molecular formula is C11H18OSi. The van der Waals surface area contributed by atoms with Crippen molar-refractivity contribution < 1.29 is 4.74 Å². The molecule has 0 unspecified atom stereocenters. The number of aryl methyl sites for hydroxylation is 1. The second kappa shape index (κ2) is 10.8. The lowest BCUT2D eigenvalue weighted by Gasteiger charge is -1.82. The lowest BCUT2D eigenvalue weighted by molar-refractivity contribution is 0.300. The molecule has 0 aliphatic heterocycles. The third kappa shape index (κ3) is 10.8. The molecule has 0 aliphatic carbocycles. The zero-order valence-electron chi connectivity index (χ0n) is 7.58. The van der Waals surface area contributed by atoms with E-state index < -0.39 is 0 Å². The highest BCUT2D eigenvalue weighted by molar-refractivity contribution is 5.75. The van der Waals surface area contributed by atoms with Gasteiger partial charge in [-0.1, -0.05) is 42.3 Å². The van der Waals surface area contributed by atoms with Crippen LogP contribution >= 0.6 is 0 Å². The van der Waals surface area contributed by atoms with Crippen LogP contribution in [0.5, 0.6) is 0 Å². The van der Waals surface area contributed by atoms with Gasteiger partial charge in [0.2, 0.25) is 0 Å². The van der Waals surface area contributed by atoms with Crippen LogP contribution in [0.1, 0.15) is 12.5 Å². The Kier molecular flexibility index (Phi) is 11.9. The first-order chi connectivity index (χ1) is 5.81. The van der Waals surface area contributed by atoms with Crippen molar-refractivity contribution >= 4 is 11.0 Å². The highest BCUT2D eigenvalue weighted by Crippen LogP contribution is 1.92. The van der Waals surface area contributed by atoms with Gasteiger partial charge in [-0.2, -0.15) is 0 Å². The minimum Gasteiger partial charge on any atom is -0.447 e. The molecule has 0 aliphatic rings. The molecular weight excluding hydrogens is 176 g/mol. The molecule has 1 aromatic carbocycles. The molecule has 2 heteroatoms. The summed E-state index contributed by atoms with van der Waals surface area (Å²) in [5.41, 5.74) is 1.32. The maximum atomic E-state index is 4.67. The predicted octanol–water partition coefficient (Wildman–Crippen LogP) is 1.16. The number of terminal acetylenes is 1. The summed E-state index contributed by atoms with van der Waals surface area (Å²) in [5, 5.41) is 0. The molecule has 0 N–H and O–H groups in total. The molecule has 1 rings (SSSR count). The highest BCUT2D eigenvalue weighted by Gasteiger charge is 1.72. The summed E-state index contributed by atoms with van der Waals surface area (Å²) in [6.07, 6.45) is 6.68. The van der Waals surface area contributed by atoms with Gasteiger partial charge < -0.3 is 4.74 Å². The van der Waals surface area contributed by atoms with E-state index >= 15 is 0 Å². The van der Waals surface area contributed by atoms with Gasteiger partial charge in [-0.3, -0.25) is 0 Å². The molecule has 0 aromatic heterocycles. The van der Waals surface area contributed by atoms with Gasteiger partial charge in [-0.05, 0) is 24.8 Å². The summed E-state index contributed by atoms with van der Waals surface area (Å²) in [6, 6.07) is 10.3. The predicted molar refractivity (Wildman–Crippen MR) is 63.0 cm³/mol. The number of ether oxygens (including phenoxy) is 1. The van der Waals surface area contributed by atoms with Gasteiger partial charge in [0.1, 0.15) is 6.11 Å². The van der Waals surface area contributed by atoms with Crippen molar-refractivity contribution in [2.75, 3.05) is 6.61 Å². The van der Waals surface area contributed by atoms with Crippen LogP contribution in [-0.2, 0) is 4.74 Å². The van der Waals surface area contributed by atoms with Crippen molar-refractivity contribution in [2.24, 2.45) is 0 Å². The number of hydrogen-bond donors (Lipinski definition) is 0. The lowest BCUT2D eigenvalue weighted by Crippen LogP contribution is -1.73. The first-order valence-electron chi connectivity index (χ1n) is 3.90. The van der Waals surface area contributed by atoms with Crippen LogP contribution in [0.25, 0.3) is 0 Å². The van der Waals surface area contributed by atoms with Crippen LogP contribution in [0.3, 0.4) is 0 Å². The maximum Gasteiger partial charge on any atom is 0.106 e. The van der Waals surface area contributed by atoms with E-state index in [1.165, 1.54) is 5.56 Å². The standard InChI is InChI=1S/C7H8.C4H6O.H4Si/c1-7-5-3-2-4-6-7;1-3-5-4-2;/h2-6H,1H3;1H,4H2,2H3;1H4.